The number of allylic oxidation sites excluding steroid dienone is 12. The fourth-order valence-corrected chi connectivity index (χ4v) is 10.8. The lowest BCUT2D eigenvalue weighted by atomic mass is 10.0. The molecule has 0 saturated carbocycles. The zero-order chi connectivity index (χ0) is 59.9. The Labute approximate surface area is 516 Å². The van der Waals surface area contributed by atoms with Crippen LogP contribution in [0.1, 0.15) is 380 Å². The highest BCUT2D eigenvalue weighted by molar-refractivity contribution is 5.71. The van der Waals surface area contributed by atoms with Crippen LogP contribution in [0, 0.1) is 0 Å². The van der Waals surface area contributed by atoms with Gasteiger partial charge in [0.25, 0.3) is 0 Å². The zero-order valence-corrected chi connectivity index (χ0v) is 55.5. The topological polar surface area (TPSA) is 78.9 Å². The molecule has 83 heavy (non-hydrogen) atoms. The Balaban J connectivity index is 4.29. The second kappa shape index (κ2) is 71.3. The van der Waals surface area contributed by atoms with Crippen molar-refractivity contribution < 1.29 is 28.6 Å². The highest BCUT2D eigenvalue weighted by atomic mass is 16.6. The van der Waals surface area contributed by atoms with E-state index in [4.69, 9.17) is 14.2 Å². The molecule has 0 fully saturated rings. The van der Waals surface area contributed by atoms with Crippen LogP contribution in [0.2, 0.25) is 0 Å². The summed E-state index contributed by atoms with van der Waals surface area (Å²) in [7, 11) is 0. The van der Waals surface area contributed by atoms with Gasteiger partial charge in [-0.2, -0.15) is 0 Å². The first kappa shape index (κ1) is 79.8. The molecule has 0 aromatic heterocycles. The molecule has 0 aliphatic heterocycles. The number of carbonyl (C=O) groups is 3. The van der Waals surface area contributed by atoms with Crippen LogP contribution in [0.3, 0.4) is 0 Å². The molecule has 6 heteroatoms. The molecule has 1 atom stereocenters. The van der Waals surface area contributed by atoms with Crippen molar-refractivity contribution in [2.75, 3.05) is 13.2 Å². The zero-order valence-electron chi connectivity index (χ0n) is 55.5. The minimum absolute atomic E-state index is 0.0754. The van der Waals surface area contributed by atoms with Crippen molar-refractivity contribution in [2.24, 2.45) is 0 Å². The van der Waals surface area contributed by atoms with Crippen molar-refractivity contribution >= 4 is 17.9 Å². The van der Waals surface area contributed by atoms with Gasteiger partial charge in [-0.25, -0.2) is 0 Å². The Morgan fingerprint density at radius 3 is 0.747 bits per heavy atom. The van der Waals surface area contributed by atoms with Crippen LogP contribution in [0.5, 0.6) is 0 Å². The van der Waals surface area contributed by atoms with E-state index < -0.39 is 6.10 Å². The van der Waals surface area contributed by atoms with Gasteiger partial charge in [0, 0.05) is 19.3 Å². The summed E-state index contributed by atoms with van der Waals surface area (Å²) in [6, 6.07) is 0. The van der Waals surface area contributed by atoms with Gasteiger partial charge in [-0.15, -0.1) is 0 Å². The van der Waals surface area contributed by atoms with E-state index in [1.807, 2.05) is 0 Å². The largest absolute Gasteiger partial charge is 0.462 e. The summed E-state index contributed by atoms with van der Waals surface area (Å²) >= 11 is 0. The Morgan fingerprint density at radius 1 is 0.253 bits per heavy atom. The molecule has 6 nitrogen and oxygen atoms in total. The summed E-state index contributed by atoms with van der Waals surface area (Å²) in [5, 5.41) is 0. The number of carbonyl (C=O) groups excluding carboxylic acids is 3. The van der Waals surface area contributed by atoms with E-state index in [1.54, 1.807) is 0 Å². The van der Waals surface area contributed by atoms with E-state index in [2.05, 4.69) is 93.7 Å². The molecule has 0 heterocycles. The normalized spacial score (nSPS) is 12.5. The van der Waals surface area contributed by atoms with Gasteiger partial charge in [-0.05, 0) is 89.9 Å². The maximum atomic E-state index is 13.0. The number of rotatable bonds is 67. The van der Waals surface area contributed by atoms with Crippen molar-refractivity contribution in [1.82, 2.24) is 0 Å². The van der Waals surface area contributed by atoms with Gasteiger partial charge < -0.3 is 14.2 Å². The average Bonchev–Trinajstić information content (AvgIpc) is 3.49. The fraction of sp³-hybridized carbons (Fsp3) is 0.805. The molecule has 0 radical (unpaired) electrons. The number of hydrogen-bond donors (Lipinski definition) is 0. The van der Waals surface area contributed by atoms with Crippen LogP contribution in [0.15, 0.2) is 72.9 Å². The molecule has 0 spiro atoms. The van der Waals surface area contributed by atoms with Gasteiger partial charge >= 0.3 is 17.9 Å². The molecule has 0 amide bonds. The van der Waals surface area contributed by atoms with Gasteiger partial charge in [0.2, 0.25) is 0 Å². The fourth-order valence-electron chi connectivity index (χ4n) is 10.8. The van der Waals surface area contributed by atoms with Gasteiger partial charge in [-0.1, -0.05) is 344 Å². The summed E-state index contributed by atoms with van der Waals surface area (Å²) in [5.41, 5.74) is 0. The molecule has 0 saturated heterocycles. The second-order valence-electron chi connectivity index (χ2n) is 24.5. The van der Waals surface area contributed by atoms with E-state index in [1.165, 1.54) is 244 Å². The lowest BCUT2D eigenvalue weighted by Crippen LogP contribution is -2.30. The van der Waals surface area contributed by atoms with Gasteiger partial charge in [0.1, 0.15) is 13.2 Å². The van der Waals surface area contributed by atoms with Crippen LogP contribution < -0.4 is 0 Å². The maximum Gasteiger partial charge on any atom is 0.306 e. The Bertz CT molecular complexity index is 1520. The summed E-state index contributed by atoms with van der Waals surface area (Å²) in [4.78, 5) is 38.5. The van der Waals surface area contributed by atoms with E-state index in [9.17, 15) is 14.4 Å². The number of esters is 3. The number of unbranched alkanes of at least 4 members (excludes halogenated alkanes) is 44. The van der Waals surface area contributed by atoms with E-state index in [0.717, 1.165) is 96.3 Å². The third-order valence-corrected chi connectivity index (χ3v) is 16.2. The molecule has 0 aromatic carbocycles. The van der Waals surface area contributed by atoms with Crippen molar-refractivity contribution in [1.29, 1.82) is 0 Å². The molecule has 0 bridgehead atoms. The molecule has 0 aromatic rings. The minimum Gasteiger partial charge on any atom is -0.462 e. The first-order valence-electron chi connectivity index (χ1n) is 36.4. The summed E-state index contributed by atoms with van der Waals surface area (Å²) in [5.74, 6) is -0.862. The molecular weight excluding hydrogens is 1020 g/mol. The SMILES string of the molecule is CC/C=C\C/C=C\C/C=C\C/C=C\C/C=C\CCCCCCCCCC(=O)OC(COC(=O)CCCCCCCCCCCCCCCCC)COC(=O)CCCCCCCCCCCCCCCCC/C=C\CCCCCCCCCC. The molecule has 0 aliphatic rings. The van der Waals surface area contributed by atoms with Crippen molar-refractivity contribution in [2.45, 2.75) is 386 Å². The molecule has 0 N–H and O–H groups in total. The van der Waals surface area contributed by atoms with Gasteiger partial charge in [0.05, 0.1) is 0 Å². The van der Waals surface area contributed by atoms with Gasteiger partial charge in [0.15, 0.2) is 6.10 Å². The average molecular weight is 1160 g/mol. The molecule has 0 aliphatic carbocycles. The highest BCUT2D eigenvalue weighted by Gasteiger charge is 2.19. The predicted octanol–water partition coefficient (Wildman–Crippen LogP) is 25.2. The molecule has 482 valence electrons. The third kappa shape index (κ3) is 69.5. The van der Waals surface area contributed by atoms with Crippen molar-refractivity contribution in [3.8, 4) is 0 Å². The van der Waals surface area contributed by atoms with Crippen LogP contribution >= 0.6 is 0 Å². The van der Waals surface area contributed by atoms with Crippen molar-refractivity contribution in [3.05, 3.63) is 72.9 Å². The first-order valence-corrected chi connectivity index (χ1v) is 36.4. The second-order valence-corrected chi connectivity index (χ2v) is 24.5. The predicted molar refractivity (Wildman–Crippen MR) is 362 cm³/mol. The number of ether oxygens (including phenoxy) is 3. The number of hydrogen-bond acceptors (Lipinski definition) is 6. The Kier molecular flexibility index (Phi) is 68.6. The standard InChI is InChI=1S/C77H138O6/c1-4-7-10-13-16-19-22-25-28-30-32-34-36-37-38-39-41-42-44-46-49-52-55-58-61-64-67-70-76(79)82-73-74(72-81-75(78)69-66-63-60-57-54-51-48-27-24-21-18-15-12-9-6-3)83-77(80)71-68-65-62-59-56-53-50-47-45-43-40-35-33-31-29-26-23-20-17-14-11-8-5-2/h8,11,17,20,26,29-30,32-33,35,43,45,74H,4-7,9-10,12-16,18-19,21-25,27-28,31,34,36-42,44,46-73H2,1-3H3/b11-8-,20-17-,29-26-,32-30-,35-33-,45-43-. The lowest BCUT2D eigenvalue weighted by Gasteiger charge is -2.18. The Hall–Kier alpha value is -3.15. The van der Waals surface area contributed by atoms with Crippen LogP contribution in [0.4, 0.5) is 0 Å². The Morgan fingerprint density at radius 2 is 0.470 bits per heavy atom. The third-order valence-electron chi connectivity index (χ3n) is 16.2. The molecular formula is C77H138O6. The van der Waals surface area contributed by atoms with Crippen LogP contribution in [0.25, 0.3) is 0 Å². The van der Waals surface area contributed by atoms with Crippen LogP contribution in [-0.4, -0.2) is 37.2 Å². The van der Waals surface area contributed by atoms with E-state index in [-0.39, 0.29) is 31.1 Å². The summed E-state index contributed by atoms with van der Waals surface area (Å²) in [6.45, 7) is 6.58. The van der Waals surface area contributed by atoms with Gasteiger partial charge in [-0.3, -0.25) is 14.4 Å². The minimum atomic E-state index is -0.781. The monoisotopic (exact) mass is 1160 g/mol. The molecule has 0 rings (SSSR count). The summed E-state index contributed by atoms with van der Waals surface area (Å²) in [6.07, 6.45) is 93.6. The maximum absolute atomic E-state index is 13.0. The van der Waals surface area contributed by atoms with E-state index in [0.29, 0.717) is 19.3 Å². The van der Waals surface area contributed by atoms with Crippen LogP contribution in [-0.2, 0) is 28.6 Å². The smallest absolute Gasteiger partial charge is 0.306 e. The van der Waals surface area contributed by atoms with Crippen molar-refractivity contribution in [3.63, 3.8) is 0 Å². The highest BCUT2D eigenvalue weighted by Crippen LogP contribution is 2.18. The molecule has 1 unspecified atom stereocenters. The summed E-state index contributed by atoms with van der Waals surface area (Å²) < 4.78 is 17.0. The lowest BCUT2D eigenvalue weighted by molar-refractivity contribution is -0.167. The quantitative estimate of drug-likeness (QED) is 0.0261. The van der Waals surface area contributed by atoms with E-state index >= 15 is 0 Å². The first-order chi connectivity index (χ1) is 41.0.